The van der Waals surface area contributed by atoms with Crippen LogP contribution in [0.4, 0.5) is 5.69 Å². The molecule has 0 aliphatic carbocycles. The number of carbonyl (C=O) groups is 1. The Morgan fingerprint density at radius 2 is 1.77 bits per heavy atom. The number of ether oxygens (including phenoxy) is 1. The molecule has 2 aromatic rings. The van der Waals surface area contributed by atoms with E-state index in [9.17, 15) is 4.79 Å². The normalized spacial score (nSPS) is 14.7. The highest BCUT2D eigenvalue weighted by molar-refractivity contribution is 9.10. The summed E-state index contributed by atoms with van der Waals surface area (Å²) in [6, 6.07) is 16.0. The van der Waals surface area contributed by atoms with Crippen molar-refractivity contribution in [3.05, 3.63) is 64.6 Å². The van der Waals surface area contributed by atoms with Crippen LogP contribution in [0.25, 0.3) is 6.08 Å². The van der Waals surface area contributed by atoms with Crippen LogP contribution in [0.5, 0.6) is 5.75 Å². The Hall–Kier alpha value is -2.27. The van der Waals surface area contributed by atoms with Gasteiger partial charge in [-0.1, -0.05) is 46.3 Å². The molecular formula is C21H23BrN2O2. The van der Waals surface area contributed by atoms with Gasteiger partial charge in [-0.05, 0) is 36.8 Å². The van der Waals surface area contributed by atoms with Crippen molar-refractivity contribution in [1.29, 1.82) is 0 Å². The quantitative estimate of drug-likeness (QED) is 0.686. The van der Waals surface area contributed by atoms with Crippen molar-refractivity contribution in [3.8, 4) is 5.75 Å². The lowest BCUT2D eigenvalue weighted by Gasteiger charge is -2.36. The topological polar surface area (TPSA) is 32.8 Å². The average molecular weight is 415 g/mol. The van der Waals surface area contributed by atoms with E-state index in [0.29, 0.717) is 19.7 Å². The molecular weight excluding hydrogens is 392 g/mol. The van der Waals surface area contributed by atoms with Gasteiger partial charge in [-0.15, -0.1) is 0 Å². The molecule has 1 aliphatic rings. The number of para-hydroxylation sites is 2. The molecule has 0 spiro atoms. The second kappa shape index (κ2) is 8.90. The number of rotatable bonds is 5. The third-order valence-corrected chi connectivity index (χ3v) is 5.13. The molecule has 0 radical (unpaired) electrons. The molecule has 2 aromatic carbocycles. The number of anilines is 1. The van der Waals surface area contributed by atoms with Crippen LogP contribution in [0.2, 0.25) is 0 Å². The highest BCUT2D eigenvalue weighted by Crippen LogP contribution is 2.28. The Labute approximate surface area is 163 Å². The van der Waals surface area contributed by atoms with Gasteiger partial charge in [0.25, 0.3) is 0 Å². The van der Waals surface area contributed by atoms with E-state index in [0.717, 1.165) is 34.6 Å². The van der Waals surface area contributed by atoms with Crippen molar-refractivity contribution in [2.75, 3.05) is 37.7 Å². The lowest BCUT2D eigenvalue weighted by atomic mass is 10.2. The first-order valence-electron chi connectivity index (χ1n) is 8.87. The Balaban J connectivity index is 1.60. The van der Waals surface area contributed by atoms with Crippen LogP contribution in [0.15, 0.2) is 59.1 Å². The standard InChI is InChI=1S/C21H23BrN2O2/c1-2-26-20-10-6-5-9-19(20)23-13-15-24(16-14-23)21(25)12-11-17-7-3-4-8-18(17)22/h3-12H,2,13-16H2,1H3/b12-11+. The number of halogens is 1. The number of piperazine rings is 1. The summed E-state index contributed by atoms with van der Waals surface area (Å²) in [6.07, 6.45) is 3.52. The molecule has 26 heavy (non-hydrogen) atoms. The summed E-state index contributed by atoms with van der Waals surface area (Å²) in [5, 5.41) is 0. The Kier molecular flexibility index (Phi) is 6.34. The van der Waals surface area contributed by atoms with E-state index in [-0.39, 0.29) is 5.91 Å². The van der Waals surface area contributed by atoms with Gasteiger partial charge in [0.1, 0.15) is 5.75 Å². The molecule has 0 atom stereocenters. The maximum absolute atomic E-state index is 12.5. The highest BCUT2D eigenvalue weighted by Gasteiger charge is 2.21. The minimum atomic E-state index is 0.0542. The van der Waals surface area contributed by atoms with Gasteiger partial charge < -0.3 is 14.5 Å². The van der Waals surface area contributed by atoms with Crippen LogP contribution in [-0.2, 0) is 4.79 Å². The third kappa shape index (κ3) is 4.47. The van der Waals surface area contributed by atoms with Crippen molar-refractivity contribution < 1.29 is 9.53 Å². The molecule has 1 amide bonds. The van der Waals surface area contributed by atoms with E-state index in [1.165, 1.54) is 0 Å². The number of benzene rings is 2. The molecule has 0 saturated carbocycles. The van der Waals surface area contributed by atoms with Gasteiger partial charge in [-0.3, -0.25) is 4.79 Å². The van der Waals surface area contributed by atoms with Crippen molar-refractivity contribution in [2.45, 2.75) is 6.92 Å². The van der Waals surface area contributed by atoms with Gasteiger partial charge in [-0.2, -0.15) is 0 Å². The van der Waals surface area contributed by atoms with Crippen LogP contribution < -0.4 is 9.64 Å². The second-order valence-corrected chi connectivity index (χ2v) is 6.92. The minimum Gasteiger partial charge on any atom is -0.492 e. The minimum absolute atomic E-state index is 0.0542. The van der Waals surface area contributed by atoms with Crippen LogP contribution in [0, 0.1) is 0 Å². The van der Waals surface area contributed by atoms with Gasteiger partial charge in [0.2, 0.25) is 5.91 Å². The summed E-state index contributed by atoms with van der Waals surface area (Å²) in [5.41, 5.74) is 2.11. The van der Waals surface area contributed by atoms with Crippen LogP contribution in [0.3, 0.4) is 0 Å². The fraction of sp³-hybridized carbons (Fsp3) is 0.286. The number of carbonyl (C=O) groups excluding carboxylic acids is 1. The first-order chi connectivity index (χ1) is 12.7. The SMILES string of the molecule is CCOc1ccccc1N1CCN(C(=O)/C=C/c2ccccc2Br)CC1. The van der Waals surface area contributed by atoms with Crippen LogP contribution in [0.1, 0.15) is 12.5 Å². The lowest BCUT2D eigenvalue weighted by molar-refractivity contribution is -0.126. The number of amides is 1. The number of hydrogen-bond donors (Lipinski definition) is 0. The molecule has 1 saturated heterocycles. The summed E-state index contributed by atoms with van der Waals surface area (Å²) < 4.78 is 6.71. The first-order valence-corrected chi connectivity index (χ1v) is 9.66. The van der Waals surface area contributed by atoms with E-state index in [4.69, 9.17) is 4.74 Å². The zero-order valence-electron chi connectivity index (χ0n) is 14.9. The van der Waals surface area contributed by atoms with E-state index in [1.54, 1.807) is 6.08 Å². The van der Waals surface area contributed by atoms with Crippen LogP contribution >= 0.6 is 15.9 Å². The molecule has 0 unspecified atom stereocenters. The van der Waals surface area contributed by atoms with Crippen molar-refractivity contribution in [3.63, 3.8) is 0 Å². The summed E-state index contributed by atoms with van der Waals surface area (Å²) >= 11 is 3.50. The maximum Gasteiger partial charge on any atom is 0.246 e. The van der Waals surface area contributed by atoms with Crippen molar-refractivity contribution in [1.82, 2.24) is 4.90 Å². The number of nitrogens with zero attached hydrogens (tertiary/aromatic N) is 2. The lowest BCUT2D eigenvalue weighted by Crippen LogP contribution is -2.48. The third-order valence-electron chi connectivity index (χ3n) is 4.41. The second-order valence-electron chi connectivity index (χ2n) is 6.07. The van der Waals surface area contributed by atoms with E-state index in [1.807, 2.05) is 60.4 Å². The molecule has 0 N–H and O–H groups in total. The predicted octanol–water partition coefficient (Wildman–Crippen LogP) is 4.21. The molecule has 1 aliphatic heterocycles. The summed E-state index contributed by atoms with van der Waals surface area (Å²) in [6.45, 7) is 5.66. The van der Waals surface area contributed by atoms with Gasteiger partial charge in [-0.25, -0.2) is 0 Å². The predicted molar refractivity (Wildman–Crippen MR) is 110 cm³/mol. The van der Waals surface area contributed by atoms with E-state index >= 15 is 0 Å². The molecule has 0 bridgehead atoms. The monoisotopic (exact) mass is 414 g/mol. The first kappa shape index (κ1) is 18.5. The molecule has 5 heteroatoms. The molecule has 3 rings (SSSR count). The fourth-order valence-electron chi connectivity index (χ4n) is 3.04. The largest absolute Gasteiger partial charge is 0.492 e. The molecule has 1 fully saturated rings. The molecule has 136 valence electrons. The molecule has 1 heterocycles. The summed E-state index contributed by atoms with van der Waals surface area (Å²) in [7, 11) is 0. The van der Waals surface area contributed by atoms with Crippen molar-refractivity contribution >= 4 is 33.6 Å². The van der Waals surface area contributed by atoms with Gasteiger partial charge >= 0.3 is 0 Å². The zero-order chi connectivity index (χ0) is 18.4. The Morgan fingerprint density at radius 3 is 2.50 bits per heavy atom. The summed E-state index contributed by atoms with van der Waals surface area (Å²) in [5.74, 6) is 0.960. The van der Waals surface area contributed by atoms with Gasteiger partial charge in [0.05, 0.1) is 12.3 Å². The smallest absolute Gasteiger partial charge is 0.246 e. The molecule has 0 aromatic heterocycles. The fourth-order valence-corrected chi connectivity index (χ4v) is 3.46. The number of hydrogen-bond acceptors (Lipinski definition) is 3. The van der Waals surface area contributed by atoms with E-state index in [2.05, 4.69) is 26.9 Å². The highest BCUT2D eigenvalue weighted by atomic mass is 79.9. The van der Waals surface area contributed by atoms with Gasteiger partial charge in [0.15, 0.2) is 0 Å². The average Bonchev–Trinajstić information content (AvgIpc) is 2.68. The zero-order valence-corrected chi connectivity index (χ0v) is 16.5. The molecule has 4 nitrogen and oxygen atoms in total. The maximum atomic E-state index is 12.5. The Morgan fingerprint density at radius 1 is 1.08 bits per heavy atom. The Bertz CT molecular complexity index is 783. The summed E-state index contributed by atoms with van der Waals surface area (Å²) in [4.78, 5) is 16.7. The van der Waals surface area contributed by atoms with Crippen molar-refractivity contribution in [2.24, 2.45) is 0 Å². The van der Waals surface area contributed by atoms with Crippen LogP contribution in [-0.4, -0.2) is 43.6 Å². The van der Waals surface area contributed by atoms with Gasteiger partial charge in [0, 0.05) is 36.7 Å². The van der Waals surface area contributed by atoms with E-state index < -0.39 is 0 Å².